The lowest BCUT2D eigenvalue weighted by molar-refractivity contribution is -0.132. The van der Waals surface area contributed by atoms with Crippen LogP contribution in [0.2, 0.25) is 0 Å². The van der Waals surface area contributed by atoms with Crippen LogP contribution >= 0.6 is 11.3 Å². The largest absolute Gasteiger partial charge is 0.478 e. The molecule has 0 aliphatic carbocycles. The van der Waals surface area contributed by atoms with E-state index in [0.717, 1.165) is 42.3 Å². The van der Waals surface area contributed by atoms with Crippen LogP contribution in [0.1, 0.15) is 43.0 Å². The van der Waals surface area contributed by atoms with Crippen molar-refractivity contribution in [3.63, 3.8) is 0 Å². The summed E-state index contributed by atoms with van der Waals surface area (Å²) in [6.07, 6.45) is 6.56. The number of rotatable bonds is 5. The number of hydrogen-bond acceptors (Lipinski definition) is 3. The number of nitrogens with zero attached hydrogens (tertiary/aromatic N) is 1. The number of carboxylic acids is 1. The summed E-state index contributed by atoms with van der Waals surface area (Å²) in [7, 11) is 0. The lowest BCUT2D eigenvalue weighted by atomic mass is 9.98. The Balaban J connectivity index is 2.05. The van der Waals surface area contributed by atoms with E-state index in [1.54, 1.807) is 17.4 Å². The highest BCUT2D eigenvalue weighted by Gasteiger charge is 2.22. The molecule has 1 fully saturated rings. The molecule has 0 aromatic carbocycles. The van der Waals surface area contributed by atoms with E-state index in [0.29, 0.717) is 18.9 Å². The molecule has 0 bridgehead atoms. The molecule has 1 aromatic rings. The number of carbonyl (C=O) groups is 2. The van der Waals surface area contributed by atoms with Gasteiger partial charge in [-0.3, -0.25) is 4.79 Å². The lowest BCUT2D eigenvalue weighted by Gasteiger charge is -2.20. The monoisotopic (exact) mass is 307 g/mol. The maximum Gasteiger partial charge on any atom is 0.328 e. The van der Waals surface area contributed by atoms with Crippen LogP contribution < -0.4 is 0 Å². The van der Waals surface area contributed by atoms with Crippen molar-refractivity contribution in [3.05, 3.63) is 28.0 Å². The van der Waals surface area contributed by atoms with Gasteiger partial charge in [-0.2, -0.15) is 0 Å². The first-order chi connectivity index (χ1) is 10.1. The molecule has 1 saturated heterocycles. The van der Waals surface area contributed by atoms with Crippen molar-refractivity contribution >= 4 is 29.3 Å². The Hall–Kier alpha value is -1.62. The van der Waals surface area contributed by atoms with Crippen LogP contribution in [0.15, 0.2) is 17.5 Å². The molecule has 5 heteroatoms. The minimum atomic E-state index is -0.955. The summed E-state index contributed by atoms with van der Waals surface area (Å²) in [4.78, 5) is 25.8. The van der Waals surface area contributed by atoms with Crippen LogP contribution in [0, 0.1) is 5.92 Å². The molecule has 0 radical (unpaired) electrons. The molecule has 1 atom stereocenters. The second kappa shape index (κ2) is 7.41. The van der Waals surface area contributed by atoms with Crippen molar-refractivity contribution < 1.29 is 14.7 Å². The molecule has 21 heavy (non-hydrogen) atoms. The van der Waals surface area contributed by atoms with Gasteiger partial charge >= 0.3 is 5.97 Å². The summed E-state index contributed by atoms with van der Waals surface area (Å²) >= 11 is 1.57. The van der Waals surface area contributed by atoms with Gasteiger partial charge in [0.05, 0.1) is 6.54 Å². The number of aliphatic carboxylic acids is 1. The quantitative estimate of drug-likeness (QED) is 0.848. The highest BCUT2D eigenvalue weighted by molar-refractivity contribution is 7.10. The molecule has 1 aliphatic heterocycles. The van der Waals surface area contributed by atoms with Crippen molar-refractivity contribution in [2.24, 2.45) is 5.92 Å². The highest BCUT2D eigenvalue weighted by atomic mass is 32.1. The summed E-state index contributed by atoms with van der Waals surface area (Å²) < 4.78 is 0. The topological polar surface area (TPSA) is 57.6 Å². The van der Waals surface area contributed by atoms with Gasteiger partial charge in [-0.1, -0.05) is 13.3 Å². The Bertz CT molecular complexity index is 535. The van der Waals surface area contributed by atoms with Crippen molar-refractivity contribution in [3.8, 4) is 0 Å². The van der Waals surface area contributed by atoms with Crippen molar-refractivity contribution in [1.82, 2.24) is 4.90 Å². The van der Waals surface area contributed by atoms with E-state index in [4.69, 9.17) is 5.11 Å². The third kappa shape index (κ3) is 4.43. The Morgan fingerprint density at radius 1 is 1.52 bits per heavy atom. The normalized spacial score (nSPS) is 20.0. The van der Waals surface area contributed by atoms with Crippen LogP contribution in [0.3, 0.4) is 0 Å². The number of carbonyl (C=O) groups excluding carboxylic acids is 1. The minimum absolute atomic E-state index is 0.215. The first-order valence-electron chi connectivity index (χ1n) is 7.35. The van der Waals surface area contributed by atoms with Gasteiger partial charge in [-0.25, -0.2) is 4.79 Å². The van der Waals surface area contributed by atoms with E-state index in [-0.39, 0.29) is 5.91 Å². The van der Waals surface area contributed by atoms with Crippen LogP contribution in [0.4, 0.5) is 0 Å². The maximum absolute atomic E-state index is 12.2. The van der Waals surface area contributed by atoms with E-state index in [1.807, 2.05) is 16.3 Å². The molecular formula is C16H21NO3S. The molecule has 2 heterocycles. The number of carboxylic acid groups (broad SMARTS) is 1. The molecule has 0 saturated carbocycles. The molecular weight excluding hydrogens is 286 g/mol. The van der Waals surface area contributed by atoms with Crippen molar-refractivity contribution in [2.75, 3.05) is 6.54 Å². The Morgan fingerprint density at radius 3 is 3.05 bits per heavy atom. The zero-order valence-corrected chi connectivity index (χ0v) is 13.1. The third-order valence-corrected chi connectivity index (χ3v) is 4.95. The van der Waals surface area contributed by atoms with Gasteiger partial charge in [-0.15, -0.1) is 11.3 Å². The summed E-state index contributed by atoms with van der Waals surface area (Å²) in [5.41, 5.74) is 0.895. The third-order valence-electron chi connectivity index (χ3n) is 4.02. The zero-order chi connectivity index (χ0) is 15.2. The SMILES string of the molecule is CCC1CCC(=O)N(Cc2sccc2C=CC(=O)O)CC1. The van der Waals surface area contributed by atoms with Gasteiger partial charge < -0.3 is 10.0 Å². The Labute approximate surface area is 129 Å². The minimum Gasteiger partial charge on any atom is -0.478 e. The van der Waals surface area contributed by atoms with Gasteiger partial charge in [0.1, 0.15) is 0 Å². The van der Waals surface area contributed by atoms with Gasteiger partial charge in [0.2, 0.25) is 5.91 Å². The average molecular weight is 307 g/mol. The fourth-order valence-corrected chi connectivity index (χ4v) is 3.51. The maximum atomic E-state index is 12.2. The van der Waals surface area contributed by atoms with Crippen LogP contribution in [0.5, 0.6) is 0 Å². The molecule has 1 N–H and O–H groups in total. The fraction of sp³-hybridized carbons (Fsp3) is 0.500. The smallest absolute Gasteiger partial charge is 0.328 e. The van der Waals surface area contributed by atoms with Gasteiger partial charge in [-0.05, 0) is 41.8 Å². The average Bonchev–Trinajstić information content (AvgIpc) is 2.82. The van der Waals surface area contributed by atoms with Crippen LogP contribution in [-0.2, 0) is 16.1 Å². The number of hydrogen-bond donors (Lipinski definition) is 1. The molecule has 114 valence electrons. The molecule has 0 spiro atoms. The summed E-state index contributed by atoms with van der Waals surface area (Å²) in [6.45, 7) is 3.57. The fourth-order valence-electron chi connectivity index (χ4n) is 2.63. The Morgan fingerprint density at radius 2 is 2.33 bits per heavy atom. The van der Waals surface area contributed by atoms with Crippen LogP contribution in [0.25, 0.3) is 6.08 Å². The van der Waals surface area contributed by atoms with Crippen LogP contribution in [-0.4, -0.2) is 28.4 Å². The van der Waals surface area contributed by atoms with Crippen molar-refractivity contribution in [1.29, 1.82) is 0 Å². The summed E-state index contributed by atoms with van der Waals surface area (Å²) in [5, 5.41) is 10.7. The van der Waals surface area contributed by atoms with E-state index < -0.39 is 5.97 Å². The number of likely N-dealkylation sites (tertiary alicyclic amines) is 1. The van der Waals surface area contributed by atoms with Gasteiger partial charge in [0, 0.05) is 23.9 Å². The molecule has 1 unspecified atom stereocenters. The van der Waals surface area contributed by atoms with E-state index in [2.05, 4.69) is 6.92 Å². The summed E-state index contributed by atoms with van der Waals surface area (Å²) in [5.74, 6) is -0.0926. The second-order valence-electron chi connectivity index (χ2n) is 5.39. The second-order valence-corrected chi connectivity index (χ2v) is 6.39. The van der Waals surface area contributed by atoms with E-state index >= 15 is 0 Å². The molecule has 2 rings (SSSR count). The lowest BCUT2D eigenvalue weighted by Crippen LogP contribution is -2.29. The first-order valence-corrected chi connectivity index (χ1v) is 8.23. The van der Waals surface area contributed by atoms with E-state index in [9.17, 15) is 9.59 Å². The van der Waals surface area contributed by atoms with E-state index in [1.165, 1.54) is 0 Å². The van der Waals surface area contributed by atoms with Gasteiger partial charge in [0.15, 0.2) is 0 Å². The predicted molar refractivity (Wildman–Crippen MR) is 84.0 cm³/mol. The molecule has 1 amide bonds. The molecule has 4 nitrogen and oxygen atoms in total. The first kappa shape index (κ1) is 15.8. The van der Waals surface area contributed by atoms with Gasteiger partial charge in [0.25, 0.3) is 0 Å². The number of thiophene rings is 1. The standard InChI is InChI=1S/C16H21NO3S/c1-2-12-3-5-15(18)17(9-7-12)11-14-13(8-10-21-14)4-6-16(19)20/h4,6,8,10,12H,2-3,5,7,9,11H2,1H3,(H,19,20). The zero-order valence-electron chi connectivity index (χ0n) is 12.2. The predicted octanol–water partition coefficient (Wildman–Crippen LogP) is 3.38. The highest BCUT2D eigenvalue weighted by Crippen LogP contribution is 2.25. The van der Waals surface area contributed by atoms with Crippen molar-refractivity contribution in [2.45, 2.75) is 39.2 Å². The molecule has 1 aliphatic rings. The number of amides is 1. The molecule has 1 aromatic heterocycles. The Kier molecular flexibility index (Phi) is 5.56. The summed E-state index contributed by atoms with van der Waals surface area (Å²) in [6, 6.07) is 1.90.